The largest absolute Gasteiger partial charge is 0.394 e. The van der Waals surface area contributed by atoms with Gasteiger partial charge in [-0.25, -0.2) is 0 Å². The summed E-state index contributed by atoms with van der Waals surface area (Å²) >= 11 is 0. The Bertz CT molecular complexity index is 465. The van der Waals surface area contributed by atoms with Crippen LogP contribution >= 0.6 is 0 Å². The van der Waals surface area contributed by atoms with Crippen LogP contribution in [-0.4, -0.2) is 47.5 Å². The Morgan fingerprint density at radius 1 is 1.47 bits per heavy atom. The summed E-state index contributed by atoms with van der Waals surface area (Å²) in [5.74, 6) is 0. The van der Waals surface area contributed by atoms with Crippen LogP contribution in [0.25, 0.3) is 0 Å². The Morgan fingerprint density at radius 2 is 2.26 bits per heavy atom. The highest BCUT2D eigenvalue weighted by atomic mass is 16.6. The molecule has 1 unspecified atom stereocenters. The summed E-state index contributed by atoms with van der Waals surface area (Å²) in [6, 6.07) is 4.66. The molecule has 0 amide bonds. The number of nitro groups is 1. The highest BCUT2D eigenvalue weighted by Gasteiger charge is 2.25. The van der Waals surface area contributed by atoms with Crippen molar-refractivity contribution in [2.24, 2.45) is 0 Å². The van der Waals surface area contributed by atoms with Crippen LogP contribution in [0.15, 0.2) is 18.2 Å². The number of nitrogens with zero attached hydrogens (tertiary/aromatic N) is 2. The van der Waals surface area contributed by atoms with Gasteiger partial charge >= 0.3 is 0 Å². The monoisotopic (exact) mass is 268 g/mol. The standard InChI is InChI=1S/C12H16N2O5/c15-7-9-1-2-11(12(5-9)14(17)18)13-3-4-19-10(6-13)8-16/h1-2,5,10,15-16H,3-4,6-8H2. The van der Waals surface area contributed by atoms with Gasteiger partial charge in [0.15, 0.2) is 0 Å². The van der Waals surface area contributed by atoms with Crippen molar-refractivity contribution in [1.29, 1.82) is 0 Å². The first-order valence-electron chi connectivity index (χ1n) is 6.01. The lowest BCUT2D eigenvalue weighted by Gasteiger charge is -2.33. The molecule has 1 aromatic rings. The van der Waals surface area contributed by atoms with Crippen molar-refractivity contribution in [3.63, 3.8) is 0 Å². The van der Waals surface area contributed by atoms with Crippen LogP contribution in [0.2, 0.25) is 0 Å². The second kappa shape index (κ2) is 5.96. The molecule has 2 rings (SSSR count). The third-order valence-electron chi connectivity index (χ3n) is 3.10. The predicted octanol–water partition coefficient (Wildman–Crippen LogP) is 0.285. The van der Waals surface area contributed by atoms with Crippen molar-refractivity contribution in [3.8, 4) is 0 Å². The zero-order chi connectivity index (χ0) is 13.8. The molecule has 7 heteroatoms. The Kier molecular flexibility index (Phi) is 4.31. The van der Waals surface area contributed by atoms with Crippen molar-refractivity contribution < 1.29 is 19.9 Å². The van der Waals surface area contributed by atoms with Gasteiger partial charge in [-0.15, -0.1) is 0 Å². The van der Waals surface area contributed by atoms with Crippen molar-refractivity contribution in [2.75, 3.05) is 31.2 Å². The van der Waals surface area contributed by atoms with E-state index < -0.39 is 4.92 Å². The summed E-state index contributed by atoms with van der Waals surface area (Å²) in [4.78, 5) is 12.5. The van der Waals surface area contributed by atoms with Crippen LogP contribution in [-0.2, 0) is 11.3 Å². The lowest BCUT2D eigenvalue weighted by Crippen LogP contribution is -2.44. The quantitative estimate of drug-likeness (QED) is 0.601. The van der Waals surface area contributed by atoms with Crippen molar-refractivity contribution in [1.82, 2.24) is 0 Å². The third-order valence-corrected chi connectivity index (χ3v) is 3.10. The maximum absolute atomic E-state index is 11.1. The van der Waals surface area contributed by atoms with Gasteiger partial charge in [-0.3, -0.25) is 10.1 Å². The van der Waals surface area contributed by atoms with E-state index in [0.29, 0.717) is 30.9 Å². The Balaban J connectivity index is 2.30. The lowest BCUT2D eigenvalue weighted by molar-refractivity contribution is -0.384. The molecule has 0 radical (unpaired) electrons. The fourth-order valence-electron chi connectivity index (χ4n) is 2.13. The van der Waals surface area contributed by atoms with E-state index in [2.05, 4.69) is 0 Å². The number of benzene rings is 1. The molecule has 0 aliphatic carbocycles. The second-order valence-electron chi connectivity index (χ2n) is 4.36. The van der Waals surface area contributed by atoms with Gasteiger partial charge in [-0.05, 0) is 11.6 Å². The van der Waals surface area contributed by atoms with Crippen LogP contribution in [0.4, 0.5) is 11.4 Å². The maximum atomic E-state index is 11.1. The topological polar surface area (TPSA) is 96.1 Å². The minimum absolute atomic E-state index is 0.0369. The van der Waals surface area contributed by atoms with Gasteiger partial charge in [-0.1, -0.05) is 6.07 Å². The lowest BCUT2D eigenvalue weighted by atomic mass is 10.1. The molecule has 1 fully saturated rings. The van der Waals surface area contributed by atoms with Gasteiger partial charge in [0.2, 0.25) is 0 Å². The summed E-state index contributed by atoms with van der Waals surface area (Å²) in [5.41, 5.74) is 0.955. The molecule has 1 aliphatic heterocycles. The molecular weight excluding hydrogens is 252 g/mol. The zero-order valence-electron chi connectivity index (χ0n) is 10.4. The third kappa shape index (κ3) is 3.01. The number of aliphatic hydroxyl groups is 2. The predicted molar refractivity (Wildman–Crippen MR) is 68.1 cm³/mol. The minimum atomic E-state index is -0.460. The molecule has 104 valence electrons. The average Bonchev–Trinajstić information content (AvgIpc) is 2.46. The summed E-state index contributed by atoms with van der Waals surface area (Å²) in [6.45, 7) is 1.03. The number of nitro benzene ring substituents is 1. The fraction of sp³-hybridized carbons (Fsp3) is 0.500. The Morgan fingerprint density at radius 3 is 2.89 bits per heavy atom. The molecule has 2 N–H and O–H groups in total. The van der Waals surface area contributed by atoms with Gasteiger partial charge in [0.05, 0.1) is 30.8 Å². The smallest absolute Gasteiger partial charge is 0.292 e. The highest BCUT2D eigenvalue weighted by Crippen LogP contribution is 2.30. The van der Waals surface area contributed by atoms with E-state index in [1.165, 1.54) is 6.07 Å². The van der Waals surface area contributed by atoms with Crippen molar-refractivity contribution in [2.45, 2.75) is 12.7 Å². The average molecular weight is 268 g/mol. The number of aliphatic hydroxyl groups excluding tert-OH is 2. The van der Waals surface area contributed by atoms with Crippen LogP contribution in [0.1, 0.15) is 5.56 Å². The van der Waals surface area contributed by atoms with Crippen LogP contribution in [0.3, 0.4) is 0 Å². The molecule has 0 aromatic heterocycles. The normalized spacial score (nSPS) is 19.5. The fourth-order valence-corrected chi connectivity index (χ4v) is 2.13. The second-order valence-corrected chi connectivity index (χ2v) is 4.36. The number of hydrogen-bond donors (Lipinski definition) is 2. The molecule has 0 bridgehead atoms. The Hall–Kier alpha value is -1.70. The van der Waals surface area contributed by atoms with Gasteiger partial charge in [0.25, 0.3) is 5.69 Å². The molecule has 1 atom stereocenters. The number of morpholine rings is 1. The number of anilines is 1. The van der Waals surface area contributed by atoms with E-state index >= 15 is 0 Å². The zero-order valence-corrected chi connectivity index (χ0v) is 10.4. The van der Waals surface area contributed by atoms with E-state index in [1.807, 2.05) is 4.90 Å². The minimum Gasteiger partial charge on any atom is -0.394 e. The van der Waals surface area contributed by atoms with Crippen LogP contribution in [0.5, 0.6) is 0 Å². The summed E-state index contributed by atoms with van der Waals surface area (Å²) in [7, 11) is 0. The molecule has 1 aliphatic rings. The van der Waals surface area contributed by atoms with E-state index in [-0.39, 0.29) is 25.0 Å². The first kappa shape index (κ1) is 13.7. The molecule has 1 heterocycles. The van der Waals surface area contributed by atoms with Gasteiger partial charge in [0.1, 0.15) is 5.69 Å². The van der Waals surface area contributed by atoms with Crippen LogP contribution in [0, 0.1) is 10.1 Å². The summed E-state index contributed by atoms with van der Waals surface area (Å²) in [5, 5.41) is 29.2. The van der Waals surface area contributed by atoms with E-state index in [1.54, 1.807) is 12.1 Å². The summed E-state index contributed by atoms with van der Waals surface area (Å²) in [6.07, 6.45) is -0.328. The highest BCUT2D eigenvalue weighted by molar-refractivity contribution is 5.64. The Labute approximate surface area is 110 Å². The first-order chi connectivity index (χ1) is 9.15. The molecular formula is C12H16N2O5. The molecule has 19 heavy (non-hydrogen) atoms. The van der Waals surface area contributed by atoms with E-state index in [0.717, 1.165) is 0 Å². The number of ether oxygens (including phenoxy) is 1. The molecule has 7 nitrogen and oxygen atoms in total. The number of rotatable bonds is 4. The van der Waals surface area contributed by atoms with E-state index in [9.17, 15) is 10.1 Å². The molecule has 0 saturated carbocycles. The summed E-state index contributed by atoms with van der Waals surface area (Å²) < 4.78 is 5.32. The molecule has 1 aromatic carbocycles. The number of hydrogen-bond acceptors (Lipinski definition) is 6. The maximum Gasteiger partial charge on any atom is 0.292 e. The van der Waals surface area contributed by atoms with Crippen LogP contribution < -0.4 is 4.90 Å². The van der Waals surface area contributed by atoms with Crippen molar-refractivity contribution in [3.05, 3.63) is 33.9 Å². The van der Waals surface area contributed by atoms with Gasteiger partial charge < -0.3 is 19.8 Å². The molecule has 1 saturated heterocycles. The van der Waals surface area contributed by atoms with E-state index in [4.69, 9.17) is 14.9 Å². The van der Waals surface area contributed by atoms with Gasteiger partial charge in [-0.2, -0.15) is 0 Å². The first-order valence-corrected chi connectivity index (χ1v) is 6.01. The molecule has 0 spiro atoms. The van der Waals surface area contributed by atoms with Gasteiger partial charge in [0, 0.05) is 19.2 Å². The van der Waals surface area contributed by atoms with Crippen molar-refractivity contribution >= 4 is 11.4 Å². The SMILES string of the molecule is O=[N+]([O-])c1cc(CO)ccc1N1CCOC(CO)C1.